The van der Waals surface area contributed by atoms with Crippen molar-refractivity contribution in [2.45, 2.75) is 32.7 Å². The molecule has 1 aliphatic heterocycles. The summed E-state index contributed by atoms with van der Waals surface area (Å²) in [5, 5.41) is 6.34. The minimum absolute atomic E-state index is 0.0532. The molecule has 1 aromatic heterocycles. The molecule has 1 saturated heterocycles. The van der Waals surface area contributed by atoms with Crippen LogP contribution in [0.5, 0.6) is 0 Å². The quantitative estimate of drug-likeness (QED) is 0.864. The van der Waals surface area contributed by atoms with Crippen LogP contribution in [-0.2, 0) is 9.84 Å². The first-order valence-corrected chi connectivity index (χ1v) is 8.37. The molecule has 1 atom stereocenters. The van der Waals surface area contributed by atoms with Crippen LogP contribution in [0.1, 0.15) is 25.6 Å². The summed E-state index contributed by atoms with van der Waals surface area (Å²) in [6, 6.07) is 1.76. The Hall–Kier alpha value is -1.37. The first-order valence-electron chi connectivity index (χ1n) is 6.55. The molecule has 2 heterocycles. The van der Waals surface area contributed by atoms with Crippen molar-refractivity contribution < 1.29 is 8.42 Å². The smallest absolute Gasteiger partial charge is 0.152 e. The molecule has 2 N–H and O–H groups in total. The van der Waals surface area contributed by atoms with Gasteiger partial charge in [0.25, 0.3) is 0 Å². The molecule has 106 valence electrons. The fraction of sp³-hybridized carbons (Fsp3) is 0.667. The van der Waals surface area contributed by atoms with Gasteiger partial charge in [-0.2, -0.15) is 0 Å². The highest BCUT2D eigenvalue weighted by Crippen LogP contribution is 2.18. The minimum Gasteiger partial charge on any atom is -0.370 e. The number of nitrogens with one attached hydrogen (secondary N) is 2. The molecule has 0 aliphatic carbocycles. The second kappa shape index (κ2) is 5.73. The van der Waals surface area contributed by atoms with E-state index in [1.54, 1.807) is 0 Å². The lowest BCUT2D eigenvalue weighted by molar-refractivity contribution is 0.561. The number of aromatic nitrogens is 2. The average Bonchev–Trinajstić information content (AvgIpc) is 2.26. The highest BCUT2D eigenvalue weighted by Gasteiger charge is 2.24. The van der Waals surface area contributed by atoms with Gasteiger partial charge in [-0.05, 0) is 26.7 Å². The van der Waals surface area contributed by atoms with Gasteiger partial charge in [0.15, 0.2) is 9.84 Å². The number of sulfone groups is 1. The molecule has 0 saturated carbocycles. The van der Waals surface area contributed by atoms with E-state index in [2.05, 4.69) is 20.6 Å². The van der Waals surface area contributed by atoms with Gasteiger partial charge in [0, 0.05) is 18.7 Å². The normalized spacial score (nSPS) is 21.9. The molecular weight excluding hydrogens is 264 g/mol. The molecule has 0 amide bonds. The van der Waals surface area contributed by atoms with Crippen LogP contribution >= 0.6 is 0 Å². The van der Waals surface area contributed by atoms with Gasteiger partial charge < -0.3 is 10.6 Å². The monoisotopic (exact) mass is 284 g/mol. The van der Waals surface area contributed by atoms with Gasteiger partial charge in [-0.3, -0.25) is 0 Å². The van der Waals surface area contributed by atoms with Gasteiger partial charge in [0.2, 0.25) is 0 Å². The van der Waals surface area contributed by atoms with E-state index in [0.29, 0.717) is 23.8 Å². The standard InChI is InChI=1S/C12H20N4O2S/c1-3-13-11-7-12(15-9(2)14-11)16-10-5-4-6-19(17,18)8-10/h7,10H,3-6,8H2,1-2H3,(H2,13,14,15,16). The maximum atomic E-state index is 11.6. The maximum absolute atomic E-state index is 11.6. The highest BCUT2D eigenvalue weighted by atomic mass is 32.2. The van der Waals surface area contributed by atoms with Crippen LogP contribution < -0.4 is 10.6 Å². The Morgan fingerprint density at radius 1 is 1.37 bits per heavy atom. The molecular formula is C12H20N4O2S. The molecule has 1 aromatic rings. The number of hydrogen-bond acceptors (Lipinski definition) is 6. The van der Waals surface area contributed by atoms with Crippen molar-refractivity contribution in [1.29, 1.82) is 0 Å². The van der Waals surface area contributed by atoms with Crippen LogP contribution in [0.4, 0.5) is 11.6 Å². The van der Waals surface area contributed by atoms with Crippen molar-refractivity contribution >= 4 is 21.5 Å². The lowest BCUT2D eigenvalue weighted by atomic mass is 10.2. The van der Waals surface area contributed by atoms with E-state index < -0.39 is 9.84 Å². The van der Waals surface area contributed by atoms with Gasteiger partial charge in [0.05, 0.1) is 11.5 Å². The van der Waals surface area contributed by atoms with E-state index in [1.165, 1.54) is 0 Å². The van der Waals surface area contributed by atoms with Crippen LogP contribution in [-0.4, -0.2) is 42.5 Å². The molecule has 1 aliphatic rings. The zero-order valence-electron chi connectivity index (χ0n) is 11.3. The first-order chi connectivity index (χ1) is 8.98. The van der Waals surface area contributed by atoms with E-state index in [0.717, 1.165) is 18.8 Å². The molecule has 0 spiro atoms. The number of aryl methyl sites for hydroxylation is 1. The van der Waals surface area contributed by atoms with Crippen molar-refractivity contribution in [3.8, 4) is 0 Å². The fourth-order valence-electron chi connectivity index (χ4n) is 2.26. The van der Waals surface area contributed by atoms with Crippen molar-refractivity contribution in [2.24, 2.45) is 0 Å². The lowest BCUT2D eigenvalue weighted by Crippen LogP contribution is -2.35. The number of rotatable bonds is 4. The van der Waals surface area contributed by atoms with Crippen molar-refractivity contribution in [3.05, 3.63) is 11.9 Å². The Morgan fingerprint density at radius 2 is 2.11 bits per heavy atom. The molecule has 0 radical (unpaired) electrons. The second-order valence-corrected chi connectivity index (χ2v) is 7.04. The van der Waals surface area contributed by atoms with Crippen LogP contribution in [0.2, 0.25) is 0 Å². The Morgan fingerprint density at radius 3 is 2.79 bits per heavy atom. The third-order valence-corrected chi connectivity index (χ3v) is 4.83. The molecule has 6 nitrogen and oxygen atoms in total. The van der Waals surface area contributed by atoms with Gasteiger partial charge in [-0.15, -0.1) is 0 Å². The van der Waals surface area contributed by atoms with E-state index >= 15 is 0 Å². The third kappa shape index (κ3) is 4.05. The molecule has 0 aromatic carbocycles. The summed E-state index contributed by atoms with van der Waals surface area (Å²) in [5.41, 5.74) is 0. The SMILES string of the molecule is CCNc1cc(NC2CCCS(=O)(=O)C2)nc(C)n1. The van der Waals surface area contributed by atoms with Gasteiger partial charge in [-0.25, -0.2) is 18.4 Å². The Balaban J connectivity index is 2.10. The summed E-state index contributed by atoms with van der Waals surface area (Å²) in [4.78, 5) is 8.57. The fourth-order valence-corrected chi connectivity index (χ4v) is 3.90. The van der Waals surface area contributed by atoms with E-state index in [-0.39, 0.29) is 11.8 Å². The molecule has 1 unspecified atom stereocenters. The second-order valence-electron chi connectivity index (χ2n) is 4.81. The topological polar surface area (TPSA) is 84.0 Å². The molecule has 2 rings (SSSR count). The van der Waals surface area contributed by atoms with E-state index in [4.69, 9.17) is 0 Å². The first kappa shape index (κ1) is 14.0. The van der Waals surface area contributed by atoms with Crippen molar-refractivity contribution in [2.75, 3.05) is 28.7 Å². The summed E-state index contributed by atoms with van der Waals surface area (Å²) in [6.07, 6.45) is 1.57. The minimum atomic E-state index is -2.90. The largest absolute Gasteiger partial charge is 0.370 e. The van der Waals surface area contributed by atoms with Crippen LogP contribution in [0, 0.1) is 6.92 Å². The van der Waals surface area contributed by atoms with E-state index in [1.807, 2.05) is 19.9 Å². The maximum Gasteiger partial charge on any atom is 0.152 e. The van der Waals surface area contributed by atoms with Crippen molar-refractivity contribution in [3.63, 3.8) is 0 Å². The summed E-state index contributed by atoms with van der Waals surface area (Å²) < 4.78 is 23.2. The Labute approximate surface area is 114 Å². The van der Waals surface area contributed by atoms with Crippen LogP contribution in [0.25, 0.3) is 0 Å². The number of nitrogens with zero attached hydrogens (tertiary/aromatic N) is 2. The summed E-state index contributed by atoms with van der Waals surface area (Å²) in [6.45, 7) is 4.61. The molecule has 7 heteroatoms. The molecule has 1 fully saturated rings. The van der Waals surface area contributed by atoms with Gasteiger partial charge in [-0.1, -0.05) is 0 Å². The number of hydrogen-bond donors (Lipinski definition) is 2. The third-order valence-electron chi connectivity index (χ3n) is 3.01. The highest BCUT2D eigenvalue weighted by molar-refractivity contribution is 7.91. The summed E-state index contributed by atoms with van der Waals surface area (Å²) >= 11 is 0. The zero-order valence-corrected chi connectivity index (χ0v) is 12.1. The zero-order chi connectivity index (χ0) is 13.9. The number of anilines is 2. The van der Waals surface area contributed by atoms with Gasteiger partial charge in [0.1, 0.15) is 17.5 Å². The summed E-state index contributed by atoms with van der Waals surface area (Å²) in [5.74, 6) is 2.60. The Bertz CT molecular complexity index is 545. The predicted octanol–water partition coefficient (Wildman–Crippen LogP) is 1.21. The van der Waals surface area contributed by atoms with Crippen LogP contribution in [0.3, 0.4) is 0 Å². The Kier molecular flexibility index (Phi) is 4.24. The average molecular weight is 284 g/mol. The van der Waals surface area contributed by atoms with Gasteiger partial charge >= 0.3 is 0 Å². The predicted molar refractivity (Wildman–Crippen MR) is 76.2 cm³/mol. The van der Waals surface area contributed by atoms with Crippen molar-refractivity contribution in [1.82, 2.24) is 9.97 Å². The lowest BCUT2D eigenvalue weighted by Gasteiger charge is -2.23. The molecule has 0 bridgehead atoms. The molecule has 19 heavy (non-hydrogen) atoms. The summed E-state index contributed by atoms with van der Waals surface area (Å²) in [7, 11) is -2.90. The van der Waals surface area contributed by atoms with E-state index in [9.17, 15) is 8.42 Å². The van der Waals surface area contributed by atoms with Crippen LogP contribution in [0.15, 0.2) is 6.07 Å².